The average molecular weight is 485 g/mol. The van der Waals surface area contributed by atoms with Crippen LogP contribution in [0.5, 0.6) is 0 Å². The van der Waals surface area contributed by atoms with E-state index in [0.717, 1.165) is 0 Å². The minimum Gasteiger partial charge on any atom is -0.481 e. The van der Waals surface area contributed by atoms with Gasteiger partial charge in [0.2, 0.25) is 17.7 Å². The number of nitrogens with zero attached hydrogens (tertiary/aromatic N) is 1. The third-order valence-corrected chi connectivity index (χ3v) is 4.76. The zero-order chi connectivity index (χ0) is 25.8. The number of aliphatic carboxylic acids is 2. The van der Waals surface area contributed by atoms with Gasteiger partial charge in [-0.25, -0.2) is 9.78 Å². The van der Waals surface area contributed by atoms with E-state index in [4.69, 9.17) is 10.8 Å². The molecule has 4 atom stereocenters. The fraction of sp³-hybridized carbons (Fsp3) is 0.600. The molecule has 14 heteroatoms. The molecule has 0 saturated heterocycles. The first-order chi connectivity index (χ1) is 15.9. The van der Waals surface area contributed by atoms with Gasteiger partial charge in [0.1, 0.15) is 18.1 Å². The van der Waals surface area contributed by atoms with Gasteiger partial charge in [0.05, 0.1) is 19.0 Å². The molecule has 190 valence electrons. The second kappa shape index (κ2) is 13.9. The molecule has 0 bridgehead atoms. The molecule has 34 heavy (non-hydrogen) atoms. The number of aromatic nitrogens is 2. The highest BCUT2D eigenvalue weighted by molar-refractivity contribution is 5.94. The van der Waals surface area contributed by atoms with Crippen molar-refractivity contribution in [3.8, 4) is 0 Å². The van der Waals surface area contributed by atoms with Crippen LogP contribution < -0.4 is 21.7 Å². The van der Waals surface area contributed by atoms with E-state index in [1.807, 2.05) is 0 Å². The maximum absolute atomic E-state index is 12.8. The molecule has 0 aliphatic heterocycles. The maximum Gasteiger partial charge on any atom is 0.326 e. The molecule has 1 heterocycles. The Kier molecular flexibility index (Phi) is 11.7. The summed E-state index contributed by atoms with van der Waals surface area (Å²) in [6.45, 7) is 2.77. The summed E-state index contributed by atoms with van der Waals surface area (Å²) in [5, 5.41) is 34.7. The zero-order valence-electron chi connectivity index (χ0n) is 19.0. The number of amides is 3. The van der Waals surface area contributed by atoms with E-state index >= 15 is 0 Å². The molecule has 0 radical (unpaired) electrons. The summed E-state index contributed by atoms with van der Waals surface area (Å²) in [5.74, 6) is -4.98. The second-order valence-corrected chi connectivity index (χ2v) is 8.15. The fourth-order valence-electron chi connectivity index (χ4n) is 2.95. The minimum atomic E-state index is -1.45. The summed E-state index contributed by atoms with van der Waals surface area (Å²) in [6, 6.07) is -5.11. The first-order valence-corrected chi connectivity index (χ1v) is 10.6. The molecule has 0 aliphatic rings. The lowest BCUT2D eigenvalue weighted by atomic mass is 10.0. The van der Waals surface area contributed by atoms with Gasteiger partial charge in [-0.2, -0.15) is 0 Å². The van der Waals surface area contributed by atoms with Gasteiger partial charge in [0.25, 0.3) is 0 Å². The number of aromatic amines is 1. The van der Waals surface area contributed by atoms with Crippen molar-refractivity contribution in [2.45, 2.75) is 63.7 Å². The Hall–Kier alpha value is -3.52. The number of rotatable bonds is 15. The van der Waals surface area contributed by atoms with Crippen LogP contribution in [0.4, 0.5) is 0 Å². The molecule has 3 amide bonds. The van der Waals surface area contributed by atoms with Crippen molar-refractivity contribution < 1.29 is 39.3 Å². The molecular formula is C20H32N6O8. The van der Waals surface area contributed by atoms with Crippen LogP contribution in [0.3, 0.4) is 0 Å². The van der Waals surface area contributed by atoms with Gasteiger partial charge < -0.3 is 42.0 Å². The number of H-pyrrole nitrogens is 1. The van der Waals surface area contributed by atoms with Crippen molar-refractivity contribution in [3.63, 3.8) is 0 Å². The molecule has 0 fully saturated rings. The van der Waals surface area contributed by atoms with Crippen LogP contribution in [0.15, 0.2) is 12.5 Å². The zero-order valence-corrected chi connectivity index (χ0v) is 19.0. The van der Waals surface area contributed by atoms with Crippen molar-refractivity contribution in [1.82, 2.24) is 25.9 Å². The Morgan fingerprint density at radius 2 is 1.59 bits per heavy atom. The predicted molar refractivity (Wildman–Crippen MR) is 117 cm³/mol. The molecule has 4 unspecified atom stereocenters. The van der Waals surface area contributed by atoms with E-state index in [9.17, 15) is 34.2 Å². The summed E-state index contributed by atoms with van der Waals surface area (Å²) < 4.78 is 0. The van der Waals surface area contributed by atoms with Gasteiger partial charge in [-0.1, -0.05) is 13.8 Å². The number of carboxylic acids is 2. The van der Waals surface area contributed by atoms with Crippen molar-refractivity contribution in [2.75, 3.05) is 6.61 Å². The molecule has 0 spiro atoms. The molecule has 1 aromatic heterocycles. The monoisotopic (exact) mass is 484 g/mol. The average Bonchev–Trinajstić information content (AvgIpc) is 3.27. The molecule has 1 rings (SSSR count). The molecular weight excluding hydrogens is 452 g/mol. The minimum absolute atomic E-state index is 0.0625. The highest BCUT2D eigenvalue weighted by Crippen LogP contribution is 2.07. The van der Waals surface area contributed by atoms with Crippen molar-refractivity contribution in [1.29, 1.82) is 0 Å². The Balaban J connectivity index is 2.84. The Bertz CT molecular complexity index is 844. The first-order valence-electron chi connectivity index (χ1n) is 10.6. The lowest BCUT2D eigenvalue weighted by molar-refractivity contribution is -0.142. The SMILES string of the molecule is CC(C)CC(NC(=O)C(CO)NC(=O)C(N)CCC(=O)O)C(=O)NC(Cc1cnc[nH]1)C(=O)O. The third-order valence-electron chi connectivity index (χ3n) is 4.76. The molecule has 0 saturated carbocycles. The summed E-state index contributed by atoms with van der Waals surface area (Å²) in [7, 11) is 0. The quantitative estimate of drug-likeness (QED) is 0.133. The van der Waals surface area contributed by atoms with Crippen LogP contribution >= 0.6 is 0 Å². The van der Waals surface area contributed by atoms with E-state index < -0.39 is 60.4 Å². The van der Waals surface area contributed by atoms with Crippen LogP contribution in [0.25, 0.3) is 0 Å². The number of nitrogens with two attached hydrogens (primary N) is 1. The number of carbonyl (C=O) groups is 5. The van der Waals surface area contributed by atoms with Gasteiger partial charge >= 0.3 is 11.9 Å². The fourth-order valence-corrected chi connectivity index (χ4v) is 2.95. The van der Waals surface area contributed by atoms with Gasteiger partial charge in [-0.3, -0.25) is 19.2 Å². The number of carboxylic acid groups (broad SMARTS) is 2. The topological polar surface area (TPSA) is 237 Å². The highest BCUT2D eigenvalue weighted by Gasteiger charge is 2.30. The van der Waals surface area contributed by atoms with E-state index in [-0.39, 0.29) is 31.6 Å². The summed E-state index contributed by atoms with van der Waals surface area (Å²) in [4.78, 5) is 66.3. The van der Waals surface area contributed by atoms with Gasteiger partial charge in [-0.05, 0) is 18.8 Å². The van der Waals surface area contributed by atoms with Crippen LogP contribution in [0.1, 0.15) is 38.8 Å². The maximum atomic E-state index is 12.8. The molecule has 0 aromatic carbocycles. The third kappa shape index (κ3) is 9.95. The van der Waals surface area contributed by atoms with Gasteiger partial charge in [0, 0.05) is 24.7 Å². The van der Waals surface area contributed by atoms with Crippen molar-refractivity contribution in [2.24, 2.45) is 11.7 Å². The molecule has 0 aliphatic carbocycles. The lowest BCUT2D eigenvalue weighted by Gasteiger charge is -2.25. The Morgan fingerprint density at radius 3 is 2.09 bits per heavy atom. The smallest absolute Gasteiger partial charge is 0.326 e. The molecule has 1 aromatic rings. The van der Waals surface area contributed by atoms with E-state index in [0.29, 0.717) is 5.69 Å². The standard InChI is InChI=1S/C20H32N6O8/c1-10(2)5-13(18(31)25-14(20(33)34)6-11-7-22-9-23-11)24-19(32)15(8-27)26-17(30)12(21)3-4-16(28)29/h7,9-10,12-15,27H,3-6,8,21H2,1-2H3,(H,22,23)(H,24,32)(H,25,31)(H,26,30)(H,28,29)(H,33,34). The number of aliphatic hydroxyl groups excluding tert-OH is 1. The van der Waals surface area contributed by atoms with Gasteiger partial charge in [0.15, 0.2) is 0 Å². The number of carbonyl (C=O) groups excluding carboxylic acids is 3. The van der Waals surface area contributed by atoms with Crippen molar-refractivity contribution in [3.05, 3.63) is 18.2 Å². The van der Waals surface area contributed by atoms with E-state index in [1.165, 1.54) is 12.5 Å². The van der Waals surface area contributed by atoms with Crippen LogP contribution in [-0.2, 0) is 30.4 Å². The number of nitrogens with one attached hydrogen (secondary N) is 4. The largest absolute Gasteiger partial charge is 0.481 e. The number of hydrogen-bond donors (Lipinski definition) is 8. The van der Waals surface area contributed by atoms with Crippen LogP contribution in [0.2, 0.25) is 0 Å². The Morgan fingerprint density at radius 1 is 1.00 bits per heavy atom. The van der Waals surface area contributed by atoms with E-state index in [1.54, 1.807) is 13.8 Å². The van der Waals surface area contributed by atoms with Gasteiger partial charge in [-0.15, -0.1) is 0 Å². The number of imidazole rings is 1. The number of aliphatic hydroxyl groups is 1. The predicted octanol–water partition coefficient (Wildman–Crippen LogP) is -2.28. The summed E-state index contributed by atoms with van der Waals surface area (Å²) >= 11 is 0. The Labute approximate surface area is 195 Å². The normalized spacial score (nSPS) is 14.5. The summed E-state index contributed by atoms with van der Waals surface area (Å²) in [6.07, 6.45) is 2.35. The summed E-state index contributed by atoms with van der Waals surface area (Å²) in [5.41, 5.74) is 6.09. The first kappa shape index (κ1) is 28.5. The molecule has 9 N–H and O–H groups in total. The van der Waals surface area contributed by atoms with Crippen LogP contribution in [0, 0.1) is 5.92 Å². The second-order valence-electron chi connectivity index (χ2n) is 8.15. The van der Waals surface area contributed by atoms with E-state index in [2.05, 4.69) is 25.9 Å². The number of hydrogen-bond acceptors (Lipinski definition) is 8. The lowest BCUT2D eigenvalue weighted by Crippen LogP contribution is -2.58. The van der Waals surface area contributed by atoms with Crippen molar-refractivity contribution >= 4 is 29.7 Å². The van der Waals surface area contributed by atoms with Crippen LogP contribution in [-0.4, -0.2) is 85.7 Å². The highest BCUT2D eigenvalue weighted by atomic mass is 16.4. The molecule has 14 nitrogen and oxygen atoms in total.